The minimum Gasteiger partial charge on any atom is -0.508 e. The van der Waals surface area contributed by atoms with E-state index in [1.54, 1.807) is 0 Å². The largest absolute Gasteiger partial charge is 0.508 e. The number of rotatable bonds is 2. The Morgan fingerprint density at radius 3 is 2.54 bits per heavy atom. The standard InChI is InChI=1S/C11H16OSi/c1-5-13(3,4)10-8-6-7-9(2)11(10)12/h5-8,12H,1H2,2-4H3. The van der Waals surface area contributed by atoms with Crippen LogP contribution in [-0.4, -0.2) is 13.2 Å². The molecule has 70 valence electrons. The molecule has 0 saturated heterocycles. The Kier molecular flexibility index (Phi) is 2.62. The van der Waals surface area contributed by atoms with Crippen LogP contribution in [0.3, 0.4) is 0 Å². The molecule has 2 heteroatoms. The number of phenolic OH excluding ortho intramolecular Hbond substituents is 1. The fourth-order valence-electron chi connectivity index (χ4n) is 1.29. The number of benzene rings is 1. The maximum atomic E-state index is 9.85. The molecular formula is C11H16OSi. The highest BCUT2D eigenvalue weighted by Crippen LogP contribution is 2.17. The van der Waals surface area contributed by atoms with E-state index in [2.05, 4.69) is 19.7 Å². The third kappa shape index (κ3) is 1.83. The number of hydrogen-bond donors (Lipinski definition) is 1. The normalized spacial score (nSPS) is 11.3. The van der Waals surface area contributed by atoms with E-state index in [1.807, 2.05) is 30.8 Å². The summed E-state index contributed by atoms with van der Waals surface area (Å²) >= 11 is 0. The van der Waals surface area contributed by atoms with E-state index in [0.717, 1.165) is 10.8 Å². The van der Waals surface area contributed by atoms with Crippen LogP contribution in [0.4, 0.5) is 0 Å². The molecule has 0 unspecified atom stereocenters. The molecule has 0 atom stereocenters. The van der Waals surface area contributed by atoms with Crippen molar-refractivity contribution in [2.45, 2.75) is 20.0 Å². The second-order valence-electron chi connectivity index (χ2n) is 3.90. The number of aryl methyl sites for hydroxylation is 1. The summed E-state index contributed by atoms with van der Waals surface area (Å²) in [6.45, 7) is 10.1. The summed E-state index contributed by atoms with van der Waals surface area (Å²) in [6, 6.07) is 5.91. The summed E-state index contributed by atoms with van der Waals surface area (Å²) in [4.78, 5) is 0. The molecule has 0 radical (unpaired) electrons. The van der Waals surface area contributed by atoms with Crippen molar-refractivity contribution < 1.29 is 5.11 Å². The fraction of sp³-hybridized carbons (Fsp3) is 0.273. The highest BCUT2D eigenvalue weighted by molar-refractivity contribution is 6.94. The van der Waals surface area contributed by atoms with Crippen molar-refractivity contribution in [3.63, 3.8) is 0 Å². The van der Waals surface area contributed by atoms with Crippen LogP contribution < -0.4 is 5.19 Å². The van der Waals surface area contributed by atoms with Crippen LogP contribution in [0.15, 0.2) is 30.5 Å². The molecule has 0 saturated carbocycles. The summed E-state index contributed by atoms with van der Waals surface area (Å²) < 4.78 is 0. The van der Waals surface area contributed by atoms with Crippen molar-refractivity contribution in [2.24, 2.45) is 0 Å². The summed E-state index contributed by atoms with van der Waals surface area (Å²) in [7, 11) is -1.62. The zero-order valence-electron chi connectivity index (χ0n) is 8.46. The number of aromatic hydroxyl groups is 1. The van der Waals surface area contributed by atoms with Crippen molar-refractivity contribution in [1.29, 1.82) is 0 Å². The van der Waals surface area contributed by atoms with Crippen molar-refractivity contribution in [2.75, 3.05) is 0 Å². The Labute approximate surface area is 80.7 Å². The highest BCUT2D eigenvalue weighted by Gasteiger charge is 2.22. The summed E-state index contributed by atoms with van der Waals surface area (Å²) in [5, 5.41) is 10.9. The quantitative estimate of drug-likeness (QED) is 0.713. The van der Waals surface area contributed by atoms with Gasteiger partial charge in [0.05, 0.1) is 0 Å². The van der Waals surface area contributed by atoms with Gasteiger partial charge in [0.2, 0.25) is 0 Å². The number of para-hydroxylation sites is 1. The highest BCUT2D eigenvalue weighted by atomic mass is 28.3. The Hall–Kier alpha value is -1.02. The van der Waals surface area contributed by atoms with Crippen molar-refractivity contribution >= 4 is 13.3 Å². The topological polar surface area (TPSA) is 20.2 Å². The lowest BCUT2D eigenvalue weighted by Crippen LogP contribution is -2.39. The van der Waals surface area contributed by atoms with Crippen LogP contribution in [0, 0.1) is 6.92 Å². The SMILES string of the molecule is C=C[Si](C)(C)c1cccc(C)c1O. The van der Waals surface area contributed by atoms with Gasteiger partial charge in [0.25, 0.3) is 0 Å². The average Bonchev–Trinajstić information content (AvgIpc) is 2.09. The molecule has 0 aliphatic heterocycles. The minimum absolute atomic E-state index is 0.444. The molecule has 0 aliphatic rings. The molecule has 1 aromatic rings. The van der Waals surface area contributed by atoms with E-state index in [-0.39, 0.29) is 0 Å². The van der Waals surface area contributed by atoms with E-state index in [9.17, 15) is 5.11 Å². The van der Waals surface area contributed by atoms with Gasteiger partial charge in [-0.3, -0.25) is 0 Å². The van der Waals surface area contributed by atoms with Gasteiger partial charge in [-0.1, -0.05) is 37.0 Å². The number of phenols is 1. The van der Waals surface area contributed by atoms with Crippen LogP contribution in [0.5, 0.6) is 5.75 Å². The van der Waals surface area contributed by atoms with Gasteiger partial charge in [-0.25, -0.2) is 0 Å². The minimum atomic E-state index is -1.62. The molecule has 1 aromatic carbocycles. The van der Waals surface area contributed by atoms with Gasteiger partial charge in [-0.05, 0) is 17.7 Å². The van der Waals surface area contributed by atoms with Crippen molar-refractivity contribution in [3.05, 3.63) is 36.0 Å². The second kappa shape index (κ2) is 3.38. The summed E-state index contributed by atoms with van der Waals surface area (Å²) in [5.74, 6) is 0.444. The first-order valence-corrected chi connectivity index (χ1v) is 7.49. The smallest absolute Gasteiger partial charge is 0.118 e. The van der Waals surface area contributed by atoms with Gasteiger partial charge >= 0.3 is 0 Å². The molecule has 0 bridgehead atoms. The second-order valence-corrected chi connectivity index (χ2v) is 8.29. The van der Waals surface area contributed by atoms with E-state index in [0.29, 0.717) is 5.75 Å². The molecule has 0 aliphatic carbocycles. The van der Waals surface area contributed by atoms with Crippen LogP contribution in [0.1, 0.15) is 5.56 Å². The first-order chi connectivity index (χ1) is 5.99. The van der Waals surface area contributed by atoms with E-state index in [1.165, 1.54) is 0 Å². The maximum Gasteiger partial charge on any atom is 0.118 e. The first kappa shape index (κ1) is 10.1. The first-order valence-electron chi connectivity index (χ1n) is 4.41. The molecule has 1 N–H and O–H groups in total. The predicted molar refractivity (Wildman–Crippen MR) is 60.2 cm³/mol. The average molecular weight is 192 g/mol. The Morgan fingerprint density at radius 2 is 2.00 bits per heavy atom. The Bertz CT molecular complexity index is 329. The molecule has 0 spiro atoms. The molecule has 1 rings (SSSR count). The zero-order chi connectivity index (χ0) is 10.1. The molecular weight excluding hydrogens is 176 g/mol. The van der Waals surface area contributed by atoms with Crippen LogP contribution in [0.25, 0.3) is 0 Å². The van der Waals surface area contributed by atoms with Crippen LogP contribution in [0.2, 0.25) is 13.1 Å². The third-order valence-electron chi connectivity index (χ3n) is 2.44. The molecule has 0 heterocycles. The number of hydrogen-bond acceptors (Lipinski definition) is 1. The van der Waals surface area contributed by atoms with Crippen LogP contribution >= 0.6 is 0 Å². The van der Waals surface area contributed by atoms with Gasteiger partial charge in [0, 0.05) is 0 Å². The maximum absolute atomic E-state index is 9.85. The Balaban J connectivity index is 3.30. The van der Waals surface area contributed by atoms with Crippen molar-refractivity contribution in [1.82, 2.24) is 0 Å². The lowest BCUT2D eigenvalue weighted by molar-refractivity contribution is 0.475. The fourth-order valence-corrected chi connectivity index (χ4v) is 2.84. The van der Waals surface area contributed by atoms with Gasteiger partial charge in [0.1, 0.15) is 13.8 Å². The molecule has 0 amide bonds. The summed E-state index contributed by atoms with van der Waals surface area (Å²) in [5.41, 5.74) is 2.93. The summed E-state index contributed by atoms with van der Waals surface area (Å²) in [6.07, 6.45) is 0. The molecule has 0 aromatic heterocycles. The lowest BCUT2D eigenvalue weighted by atomic mass is 10.2. The van der Waals surface area contributed by atoms with E-state index >= 15 is 0 Å². The van der Waals surface area contributed by atoms with Crippen molar-refractivity contribution in [3.8, 4) is 5.75 Å². The van der Waals surface area contributed by atoms with Gasteiger partial charge in [-0.2, -0.15) is 0 Å². The third-order valence-corrected chi connectivity index (χ3v) is 5.25. The monoisotopic (exact) mass is 192 g/mol. The van der Waals surface area contributed by atoms with Gasteiger partial charge < -0.3 is 5.11 Å². The van der Waals surface area contributed by atoms with Crippen LogP contribution in [-0.2, 0) is 0 Å². The zero-order valence-corrected chi connectivity index (χ0v) is 9.46. The predicted octanol–water partition coefficient (Wildman–Crippen LogP) is 2.34. The molecule has 0 fully saturated rings. The van der Waals surface area contributed by atoms with E-state index in [4.69, 9.17) is 0 Å². The van der Waals surface area contributed by atoms with Gasteiger partial charge in [-0.15, -0.1) is 6.58 Å². The van der Waals surface area contributed by atoms with Gasteiger partial charge in [0.15, 0.2) is 0 Å². The lowest BCUT2D eigenvalue weighted by Gasteiger charge is -2.19. The molecule has 13 heavy (non-hydrogen) atoms. The molecule has 1 nitrogen and oxygen atoms in total. The van der Waals surface area contributed by atoms with E-state index < -0.39 is 8.07 Å². The Morgan fingerprint density at radius 1 is 1.38 bits per heavy atom.